The summed E-state index contributed by atoms with van der Waals surface area (Å²) in [4.78, 5) is 10.6. The normalized spacial score (nSPS) is 17.8. The van der Waals surface area contributed by atoms with Crippen LogP contribution in [0.25, 0.3) is 32.7 Å². The van der Waals surface area contributed by atoms with Gasteiger partial charge in [-0.3, -0.25) is 0 Å². The molecule has 144 valence electrons. The van der Waals surface area contributed by atoms with Gasteiger partial charge in [-0.1, -0.05) is 54.6 Å². The molecule has 0 amide bonds. The van der Waals surface area contributed by atoms with E-state index in [9.17, 15) is 0 Å². The van der Waals surface area contributed by atoms with E-state index in [-0.39, 0.29) is 5.41 Å². The molecule has 3 N–H and O–H groups in total. The van der Waals surface area contributed by atoms with Gasteiger partial charge in [0.15, 0.2) is 0 Å². The second-order valence-corrected chi connectivity index (χ2v) is 8.51. The molecule has 1 atom stereocenters. The first-order valence-corrected chi connectivity index (χ1v) is 10.6. The minimum Gasteiger partial charge on any atom is -0.361 e. The first kappa shape index (κ1) is 16.1. The summed E-state index contributed by atoms with van der Waals surface area (Å²) in [5, 5.41) is 3.99. The van der Waals surface area contributed by atoms with Gasteiger partial charge < -0.3 is 15.0 Å². The molecule has 1 fully saturated rings. The molecule has 0 spiro atoms. The highest BCUT2D eigenvalue weighted by molar-refractivity contribution is 5.92. The summed E-state index contributed by atoms with van der Waals surface area (Å²) in [6.45, 7) is 0. The zero-order chi connectivity index (χ0) is 19.7. The third-order valence-corrected chi connectivity index (χ3v) is 7.10. The zero-order valence-corrected chi connectivity index (χ0v) is 16.4. The summed E-state index contributed by atoms with van der Waals surface area (Å²) in [5.74, 6) is 0.437. The minimum atomic E-state index is -0.0375. The summed E-state index contributed by atoms with van der Waals surface area (Å²) >= 11 is 0. The average molecular weight is 387 g/mol. The Balaban J connectivity index is 1.52. The lowest BCUT2D eigenvalue weighted by molar-refractivity contribution is 0.821. The summed E-state index contributed by atoms with van der Waals surface area (Å²) in [6, 6.07) is 26.0. The fourth-order valence-corrected chi connectivity index (χ4v) is 5.64. The quantitative estimate of drug-likeness (QED) is 0.306. The topological polar surface area (TPSA) is 47.4 Å². The van der Waals surface area contributed by atoms with Crippen LogP contribution in [0.15, 0.2) is 91.4 Å². The number of H-pyrrole nitrogens is 3. The van der Waals surface area contributed by atoms with Crippen LogP contribution in [0.4, 0.5) is 0 Å². The third-order valence-electron chi connectivity index (χ3n) is 7.10. The van der Waals surface area contributed by atoms with Crippen LogP contribution in [-0.4, -0.2) is 15.0 Å². The molecule has 6 aromatic rings. The standard InChI is InChI=1S/C27H21N3/c1-4-10-24-17(7-1)20(14-28-24)21-13-27(21,22-15-29-25-11-5-2-8-18(22)25)23-16-30-26-12-6-3-9-19(23)26/h1-12,14-16,21,28-30H,13H2. The number of aromatic amines is 3. The Labute approximate surface area is 173 Å². The maximum absolute atomic E-state index is 3.53. The molecule has 7 rings (SSSR count). The Hall–Kier alpha value is -3.72. The molecular weight excluding hydrogens is 366 g/mol. The number of para-hydroxylation sites is 3. The highest BCUT2D eigenvalue weighted by Gasteiger charge is 2.59. The summed E-state index contributed by atoms with van der Waals surface area (Å²) in [5.41, 5.74) is 7.81. The zero-order valence-electron chi connectivity index (χ0n) is 16.4. The van der Waals surface area contributed by atoms with Crippen molar-refractivity contribution in [2.24, 2.45) is 0 Å². The molecule has 0 saturated heterocycles. The Morgan fingerprint density at radius 3 is 1.63 bits per heavy atom. The van der Waals surface area contributed by atoms with Crippen molar-refractivity contribution in [1.29, 1.82) is 0 Å². The van der Waals surface area contributed by atoms with Crippen molar-refractivity contribution in [3.05, 3.63) is 108 Å². The largest absolute Gasteiger partial charge is 0.361 e. The number of benzene rings is 3. The van der Waals surface area contributed by atoms with E-state index < -0.39 is 0 Å². The Kier molecular flexibility index (Phi) is 3.04. The molecule has 1 aliphatic rings. The van der Waals surface area contributed by atoms with Gasteiger partial charge in [0, 0.05) is 62.6 Å². The van der Waals surface area contributed by atoms with Gasteiger partial charge in [0.1, 0.15) is 0 Å². The van der Waals surface area contributed by atoms with Gasteiger partial charge in [-0.05, 0) is 41.3 Å². The van der Waals surface area contributed by atoms with Gasteiger partial charge in [-0.25, -0.2) is 0 Å². The lowest BCUT2D eigenvalue weighted by atomic mass is 9.83. The first-order valence-electron chi connectivity index (χ1n) is 10.6. The summed E-state index contributed by atoms with van der Waals surface area (Å²) in [6.07, 6.45) is 7.81. The Morgan fingerprint density at radius 2 is 1.03 bits per heavy atom. The van der Waals surface area contributed by atoms with Crippen LogP contribution in [0.5, 0.6) is 0 Å². The van der Waals surface area contributed by atoms with Gasteiger partial charge in [0.25, 0.3) is 0 Å². The van der Waals surface area contributed by atoms with Crippen molar-refractivity contribution >= 4 is 32.7 Å². The maximum atomic E-state index is 3.53. The van der Waals surface area contributed by atoms with Gasteiger partial charge in [-0.2, -0.15) is 0 Å². The van der Waals surface area contributed by atoms with Crippen molar-refractivity contribution < 1.29 is 0 Å². The molecule has 0 bridgehead atoms. The number of nitrogens with one attached hydrogen (secondary N) is 3. The van der Waals surface area contributed by atoms with E-state index in [0.29, 0.717) is 5.92 Å². The van der Waals surface area contributed by atoms with Crippen molar-refractivity contribution in [3.63, 3.8) is 0 Å². The molecule has 0 radical (unpaired) electrons. The van der Waals surface area contributed by atoms with Crippen LogP contribution < -0.4 is 0 Å². The van der Waals surface area contributed by atoms with E-state index in [4.69, 9.17) is 0 Å². The van der Waals surface area contributed by atoms with Crippen molar-refractivity contribution in [2.75, 3.05) is 0 Å². The predicted octanol–water partition coefficient (Wildman–Crippen LogP) is 6.60. The summed E-state index contributed by atoms with van der Waals surface area (Å²) < 4.78 is 0. The lowest BCUT2D eigenvalue weighted by Gasteiger charge is -2.17. The Morgan fingerprint density at radius 1 is 0.567 bits per heavy atom. The molecule has 30 heavy (non-hydrogen) atoms. The molecule has 3 heteroatoms. The molecule has 3 nitrogen and oxygen atoms in total. The summed E-state index contributed by atoms with van der Waals surface area (Å²) in [7, 11) is 0. The highest BCUT2D eigenvalue weighted by Crippen LogP contribution is 2.67. The SMILES string of the molecule is c1ccc2c(C3CC3(c3c[nH]c4ccccc34)c3c[nH]c4ccccc34)c[nH]c2c1. The van der Waals surface area contributed by atoms with Gasteiger partial charge >= 0.3 is 0 Å². The van der Waals surface area contributed by atoms with Gasteiger partial charge in [0.05, 0.1) is 0 Å². The number of fused-ring (bicyclic) bond motifs is 3. The van der Waals surface area contributed by atoms with Crippen LogP contribution in [-0.2, 0) is 5.41 Å². The number of hydrogen-bond acceptors (Lipinski definition) is 0. The molecule has 1 saturated carbocycles. The molecular formula is C27H21N3. The van der Waals surface area contributed by atoms with E-state index >= 15 is 0 Å². The number of rotatable bonds is 3. The Bertz CT molecular complexity index is 1470. The number of hydrogen-bond donors (Lipinski definition) is 3. The lowest BCUT2D eigenvalue weighted by Crippen LogP contribution is -2.11. The smallest absolute Gasteiger partial charge is 0.0457 e. The van der Waals surface area contributed by atoms with Crippen molar-refractivity contribution in [2.45, 2.75) is 17.8 Å². The van der Waals surface area contributed by atoms with E-state index in [1.54, 1.807) is 0 Å². The van der Waals surface area contributed by atoms with Crippen molar-refractivity contribution in [1.82, 2.24) is 15.0 Å². The van der Waals surface area contributed by atoms with E-state index in [2.05, 4.69) is 106 Å². The van der Waals surface area contributed by atoms with E-state index in [1.165, 1.54) is 49.4 Å². The molecule has 3 aromatic heterocycles. The second kappa shape index (κ2) is 5.67. The highest BCUT2D eigenvalue weighted by atomic mass is 14.8. The third kappa shape index (κ3) is 1.99. The fraction of sp³-hybridized carbons (Fsp3) is 0.111. The average Bonchev–Trinajstić information content (AvgIpc) is 3.18. The molecule has 3 aromatic carbocycles. The van der Waals surface area contributed by atoms with Crippen molar-refractivity contribution in [3.8, 4) is 0 Å². The molecule has 1 unspecified atom stereocenters. The number of aromatic nitrogens is 3. The van der Waals surface area contributed by atoms with Crippen LogP contribution in [0.2, 0.25) is 0 Å². The second-order valence-electron chi connectivity index (χ2n) is 8.51. The van der Waals surface area contributed by atoms with Gasteiger partial charge in [0.2, 0.25) is 0 Å². The first-order chi connectivity index (χ1) is 14.9. The van der Waals surface area contributed by atoms with E-state index in [1.807, 2.05) is 0 Å². The fourth-order valence-electron chi connectivity index (χ4n) is 5.64. The molecule has 0 aliphatic heterocycles. The van der Waals surface area contributed by atoms with Crippen LogP contribution in [0.3, 0.4) is 0 Å². The van der Waals surface area contributed by atoms with E-state index in [0.717, 1.165) is 6.42 Å². The van der Waals surface area contributed by atoms with Crippen LogP contribution >= 0.6 is 0 Å². The minimum absolute atomic E-state index is 0.0375. The maximum Gasteiger partial charge on any atom is 0.0457 e. The van der Waals surface area contributed by atoms with Gasteiger partial charge in [-0.15, -0.1) is 0 Å². The molecule has 3 heterocycles. The van der Waals surface area contributed by atoms with Crippen LogP contribution in [0.1, 0.15) is 29.0 Å². The molecule has 1 aliphatic carbocycles. The monoisotopic (exact) mass is 387 g/mol. The van der Waals surface area contributed by atoms with Crippen LogP contribution in [0, 0.1) is 0 Å². The predicted molar refractivity (Wildman–Crippen MR) is 123 cm³/mol.